The third kappa shape index (κ3) is 4.25. The van der Waals surface area contributed by atoms with Gasteiger partial charge in [0.05, 0.1) is 11.3 Å². The molecule has 0 saturated carbocycles. The van der Waals surface area contributed by atoms with Crippen LogP contribution in [0.4, 0.5) is 11.7 Å². The Morgan fingerprint density at radius 1 is 0.800 bits per heavy atom. The topological polar surface area (TPSA) is 97.1 Å². The van der Waals surface area contributed by atoms with Crippen LogP contribution in [-0.4, -0.2) is 22.0 Å². The Balaban J connectivity index is 1.51. The van der Waals surface area contributed by atoms with Gasteiger partial charge in [0.1, 0.15) is 0 Å². The smallest absolute Gasteiger partial charge is 0.322 e. The maximum absolute atomic E-state index is 12.8. The molecule has 1 aromatic heterocycles. The molecule has 0 bridgehead atoms. The highest BCUT2D eigenvalue weighted by molar-refractivity contribution is 6.12. The normalized spacial score (nSPS) is 10.4. The van der Waals surface area contributed by atoms with Crippen LogP contribution in [0.3, 0.4) is 0 Å². The number of anilines is 2. The summed E-state index contributed by atoms with van der Waals surface area (Å²) in [5, 5.41) is 13.2. The minimum Gasteiger partial charge on any atom is -0.403 e. The predicted octanol–water partition coefficient (Wildman–Crippen LogP) is 4.55. The Kier molecular flexibility index (Phi) is 5.34. The van der Waals surface area contributed by atoms with E-state index in [-0.39, 0.29) is 17.5 Å². The van der Waals surface area contributed by atoms with Gasteiger partial charge in [-0.2, -0.15) is 0 Å². The lowest BCUT2D eigenvalue weighted by molar-refractivity contribution is 0.102. The maximum Gasteiger partial charge on any atom is 0.322 e. The van der Waals surface area contributed by atoms with Crippen molar-refractivity contribution in [2.24, 2.45) is 0 Å². The molecule has 0 aliphatic carbocycles. The van der Waals surface area contributed by atoms with Gasteiger partial charge in [0.15, 0.2) is 0 Å². The van der Waals surface area contributed by atoms with Crippen molar-refractivity contribution >= 4 is 23.5 Å². The molecule has 148 valence electrons. The van der Waals surface area contributed by atoms with E-state index >= 15 is 0 Å². The number of aromatic nitrogens is 2. The number of carbonyl (C=O) groups excluding carboxylic acids is 2. The summed E-state index contributed by atoms with van der Waals surface area (Å²) < 4.78 is 5.52. The van der Waals surface area contributed by atoms with Gasteiger partial charge in [-0.3, -0.25) is 14.9 Å². The summed E-state index contributed by atoms with van der Waals surface area (Å²) in [5.41, 5.74) is 2.88. The molecule has 0 saturated heterocycles. The van der Waals surface area contributed by atoms with Gasteiger partial charge in [-0.05, 0) is 43.3 Å². The minimum absolute atomic E-state index is 0.0290. The molecule has 7 heteroatoms. The van der Waals surface area contributed by atoms with Crippen molar-refractivity contribution < 1.29 is 14.0 Å². The number of rotatable bonds is 5. The summed E-state index contributed by atoms with van der Waals surface area (Å²) in [6.45, 7) is 1.91. The number of benzene rings is 3. The first kappa shape index (κ1) is 19.1. The zero-order valence-electron chi connectivity index (χ0n) is 16.1. The third-order valence-corrected chi connectivity index (χ3v) is 4.37. The highest BCUT2D eigenvalue weighted by atomic mass is 16.4. The van der Waals surface area contributed by atoms with Crippen molar-refractivity contribution in [3.8, 4) is 11.5 Å². The molecular formula is C23H18N4O3. The van der Waals surface area contributed by atoms with Crippen LogP contribution in [0.5, 0.6) is 0 Å². The first-order valence-electron chi connectivity index (χ1n) is 9.27. The molecule has 4 rings (SSSR count). The molecule has 3 aromatic carbocycles. The molecule has 0 radical (unpaired) electrons. The summed E-state index contributed by atoms with van der Waals surface area (Å²) in [5.74, 6) is -0.478. The zero-order valence-corrected chi connectivity index (χ0v) is 16.1. The molecule has 0 aliphatic rings. The van der Waals surface area contributed by atoms with Crippen molar-refractivity contribution in [1.82, 2.24) is 10.2 Å². The molecule has 4 aromatic rings. The molecule has 7 nitrogen and oxygen atoms in total. The van der Waals surface area contributed by atoms with E-state index < -0.39 is 5.91 Å². The largest absolute Gasteiger partial charge is 0.403 e. The van der Waals surface area contributed by atoms with Gasteiger partial charge in [0.2, 0.25) is 5.89 Å². The van der Waals surface area contributed by atoms with Crippen molar-refractivity contribution in [3.05, 3.63) is 95.6 Å². The van der Waals surface area contributed by atoms with E-state index in [2.05, 4.69) is 20.8 Å². The highest BCUT2D eigenvalue weighted by Crippen LogP contribution is 2.21. The van der Waals surface area contributed by atoms with Crippen LogP contribution in [-0.2, 0) is 0 Å². The number of para-hydroxylation sites is 1. The Hall–Kier alpha value is -4.26. The minimum atomic E-state index is -0.474. The van der Waals surface area contributed by atoms with E-state index in [0.717, 1.165) is 11.1 Å². The number of aryl methyl sites for hydroxylation is 1. The summed E-state index contributed by atoms with van der Waals surface area (Å²) in [6, 6.07) is 23.1. The van der Waals surface area contributed by atoms with Crippen LogP contribution in [0.15, 0.2) is 83.3 Å². The van der Waals surface area contributed by atoms with Crippen LogP contribution in [0, 0.1) is 6.92 Å². The van der Waals surface area contributed by atoms with Crippen molar-refractivity contribution in [3.63, 3.8) is 0 Å². The van der Waals surface area contributed by atoms with Crippen LogP contribution in [0.25, 0.3) is 11.5 Å². The highest BCUT2D eigenvalue weighted by Gasteiger charge is 2.17. The molecule has 0 unspecified atom stereocenters. The van der Waals surface area contributed by atoms with E-state index in [4.69, 9.17) is 4.42 Å². The standard InChI is InChI=1S/C23H18N4O3/c1-15-8-7-11-17(14-15)20(28)24-19-13-6-5-12-18(19)21(29)25-23-27-26-22(30-23)16-9-3-2-4-10-16/h2-14H,1H3,(H,24,28)(H,25,27,29). The van der Waals surface area contributed by atoms with Crippen LogP contribution >= 0.6 is 0 Å². The van der Waals surface area contributed by atoms with Gasteiger partial charge in [0.25, 0.3) is 11.8 Å². The Labute approximate surface area is 172 Å². The van der Waals surface area contributed by atoms with Crippen molar-refractivity contribution in [2.45, 2.75) is 6.92 Å². The van der Waals surface area contributed by atoms with Crippen molar-refractivity contribution in [1.29, 1.82) is 0 Å². The van der Waals surface area contributed by atoms with E-state index in [0.29, 0.717) is 17.1 Å². The second-order valence-corrected chi connectivity index (χ2v) is 6.60. The second-order valence-electron chi connectivity index (χ2n) is 6.60. The van der Waals surface area contributed by atoms with Gasteiger partial charge in [-0.15, -0.1) is 5.10 Å². The van der Waals surface area contributed by atoms with Gasteiger partial charge in [0, 0.05) is 11.1 Å². The number of hydrogen-bond acceptors (Lipinski definition) is 5. The monoisotopic (exact) mass is 398 g/mol. The van der Waals surface area contributed by atoms with Crippen LogP contribution in [0.1, 0.15) is 26.3 Å². The molecule has 2 amide bonds. The number of nitrogens with one attached hydrogen (secondary N) is 2. The molecule has 2 N–H and O–H groups in total. The van der Waals surface area contributed by atoms with Crippen LogP contribution < -0.4 is 10.6 Å². The Morgan fingerprint density at radius 3 is 2.37 bits per heavy atom. The Bertz CT molecular complexity index is 1200. The fraction of sp³-hybridized carbons (Fsp3) is 0.0435. The number of carbonyl (C=O) groups is 2. The predicted molar refractivity (Wildman–Crippen MR) is 113 cm³/mol. The molecule has 0 atom stereocenters. The fourth-order valence-corrected chi connectivity index (χ4v) is 2.91. The lowest BCUT2D eigenvalue weighted by atomic mass is 10.1. The fourth-order valence-electron chi connectivity index (χ4n) is 2.91. The van der Waals surface area contributed by atoms with Gasteiger partial charge < -0.3 is 9.73 Å². The van der Waals surface area contributed by atoms with Crippen LogP contribution in [0.2, 0.25) is 0 Å². The Morgan fingerprint density at radius 2 is 1.57 bits per heavy atom. The van der Waals surface area contributed by atoms with E-state index in [1.165, 1.54) is 0 Å². The quantitative estimate of drug-likeness (QED) is 0.514. The average Bonchev–Trinajstić information content (AvgIpc) is 3.23. The summed E-state index contributed by atoms with van der Waals surface area (Å²) in [6.07, 6.45) is 0. The summed E-state index contributed by atoms with van der Waals surface area (Å²) >= 11 is 0. The van der Waals surface area contributed by atoms with E-state index in [9.17, 15) is 9.59 Å². The zero-order chi connectivity index (χ0) is 20.9. The SMILES string of the molecule is Cc1cccc(C(=O)Nc2ccccc2C(=O)Nc2nnc(-c3ccccc3)o2)c1. The summed E-state index contributed by atoms with van der Waals surface area (Å²) in [7, 11) is 0. The maximum atomic E-state index is 12.8. The number of amides is 2. The molecule has 0 fully saturated rings. The van der Waals surface area contributed by atoms with E-state index in [1.54, 1.807) is 36.4 Å². The first-order valence-corrected chi connectivity index (χ1v) is 9.27. The number of nitrogens with zero attached hydrogens (tertiary/aromatic N) is 2. The first-order chi connectivity index (χ1) is 14.6. The average molecular weight is 398 g/mol. The molecule has 1 heterocycles. The molecule has 0 spiro atoms. The van der Waals surface area contributed by atoms with Gasteiger partial charge in [-0.1, -0.05) is 53.1 Å². The lowest BCUT2D eigenvalue weighted by Gasteiger charge is -2.10. The molecule has 30 heavy (non-hydrogen) atoms. The lowest BCUT2D eigenvalue weighted by Crippen LogP contribution is -2.18. The third-order valence-electron chi connectivity index (χ3n) is 4.37. The van der Waals surface area contributed by atoms with Crippen molar-refractivity contribution in [2.75, 3.05) is 10.6 Å². The molecule has 0 aliphatic heterocycles. The molecular weight excluding hydrogens is 380 g/mol. The summed E-state index contributed by atoms with van der Waals surface area (Å²) in [4.78, 5) is 25.3. The van der Waals surface area contributed by atoms with E-state index in [1.807, 2.05) is 49.4 Å². The van der Waals surface area contributed by atoms with Gasteiger partial charge in [-0.25, -0.2) is 0 Å². The second kappa shape index (κ2) is 8.40. The number of hydrogen-bond donors (Lipinski definition) is 2. The van der Waals surface area contributed by atoms with Gasteiger partial charge >= 0.3 is 6.01 Å².